The number of methoxy groups -OCH3 is 1. The Hall–Kier alpha value is -4.05. The molecule has 0 radical (unpaired) electrons. The molecule has 2 N–H and O–H groups in total. The van der Waals surface area contributed by atoms with Crippen LogP contribution in [0.5, 0.6) is 0 Å². The van der Waals surface area contributed by atoms with Crippen LogP contribution >= 0.6 is 0 Å². The van der Waals surface area contributed by atoms with Crippen LogP contribution in [0, 0.1) is 0 Å². The minimum Gasteiger partial charge on any atom is -0.494 e. The van der Waals surface area contributed by atoms with Crippen molar-refractivity contribution < 1.29 is 4.74 Å². The van der Waals surface area contributed by atoms with Crippen LogP contribution < -0.4 is 0 Å². The summed E-state index contributed by atoms with van der Waals surface area (Å²) >= 11 is 0. The summed E-state index contributed by atoms with van der Waals surface area (Å²) in [6.07, 6.45) is 9.95. The van der Waals surface area contributed by atoms with Crippen LogP contribution in [0.4, 0.5) is 0 Å². The van der Waals surface area contributed by atoms with E-state index in [4.69, 9.17) is 9.73 Å². The van der Waals surface area contributed by atoms with Gasteiger partial charge < -0.3 is 14.7 Å². The van der Waals surface area contributed by atoms with Crippen LogP contribution in [0.15, 0.2) is 108 Å². The number of rotatable bonds is 9. The Morgan fingerprint density at radius 1 is 0.824 bits per heavy atom. The number of aromatic amines is 2. The number of hydrogen-bond acceptors (Lipinski definition) is 2. The van der Waals surface area contributed by atoms with Crippen LogP contribution in [0.1, 0.15) is 33.8 Å². The van der Waals surface area contributed by atoms with Crippen LogP contribution in [0.25, 0.3) is 6.08 Å². The van der Waals surface area contributed by atoms with Crippen molar-refractivity contribution in [3.63, 3.8) is 0 Å². The van der Waals surface area contributed by atoms with Crippen molar-refractivity contribution in [3.8, 4) is 0 Å². The molecule has 2 aromatic carbocycles. The van der Waals surface area contributed by atoms with Crippen molar-refractivity contribution in [3.05, 3.63) is 136 Å². The Morgan fingerprint density at radius 2 is 1.53 bits per heavy atom. The summed E-state index contributed by atoms with van der Waals surface area (Å²) in [6, 6.07) is 27.6. The Labute approximate surface area is 200 Å². The number of allylic oxidation sites excluding steroid dienone is 1. The van der Waals surface area contributed by atoms with Crippen molar-refractivity contribution in [1.82, 2.24) is 9.97 Å². The van der Waals surface area contributed by atoms with Crippen molar-refractivity contribution >= 4 is 11.8 Å². The van der Waals surface area contributed by atoms with Gasteiger partial charge >= 0.3 is 0 Å². The first-order valence-corrected chi connectivity index (χ1v) is 11.8. The number of aromatic nitrogens is 2. The summed E-state index contributed by atoms with van der Waals surface area (Å²) in [6.45, 7) is 0. The summed E-state index contributed by atoms with van der Waals surface area (Å²) in [5.41, 5.74) is 9.05. The molecule has 4 heteroatoms. The fourth-order valence-electron chi connectivity index (χ4n) is 4.34. The maximum atomic E-state index is 5.66. The molecule has 0 aliphatic carbocycles. The molecular formula is C30H29N3O. The van der Waals surface area contributed by atoms with E-state index in [2.05, 4.69) is 82.8 Å². The van der Waals surface area contributed by atoms with Crippen LogP contribution in [0.3, 0.4) is 0 Å². The molecule has 170 valence electrons. The molecule has 4 aromatic rings. The molecule has 0 unspecified atom stereocenters. The summed E-state index contributed by atoms with van der Waals surface area (Å²) < 4.78 is 5.66. The normalized spacial score (nSPS) is 14.3. The van der Waals surface area contributed by atoms with Gasteiger partial charge in [0.2, 0.25) is 0 Å². The van der Waals surface area contributed by atoms with Gasteiger partial charge in [0.15, 0.2) is 0 Å². The molecular weight excluding hydrogens is 418 g/mol. The van der Waals surface area contributed by atoms with E-state index in [1.54, 1.807) is 7.11 Å². The first-order chi connectivity index (χ1) is 16.8. The average Bonchev–Trinajstić information content (AvgIpc) is 3.63. The van der Waals surface area contributed by atoms with Gasteiger partial charge in [0.25, 0.3) is 0 Å². The fraction of sp³-hybridized carbons (Fsp3) is 0.167. The number of H-pyrrole nitrogens is 2. The molecule has 5 rings (SSSR count). The molecule has 2 aromatic heterocycles. The van der Waals surface area contributed by atoms with E-state index in [1.807, 2.05) is 24.4 Å². The minimum atomic E-state index is 0.777. The largest absolute Gasteiger partial charge is 0.494 e. The zero-order valence-corrected chi connectivity index (χ0v) is 19.4. The Balaban J connectivity index is 1.42. The zero-order valence-electron chi connectivity index (χ0n) is 19.4. The summed E-state index contributed by atoms with van der Waals surface area (Å²) in [5.74, 6) is 0.777. The first-order valence-electron chi connectivity index (χ1n) is 11.8. The number of nitrogens with one attached hydrogen (secondary N) is 2. The third-order valence-corrected chi connectivity index (χ3v) is 6.18. The van der Waals surface area contributed by atoms with Gasteiger partial charge in [-0.05, 0) is 66.6 Å². The van der Waals surface area contributed by atoms with Gasteiger partial charge in [0.05, 0.1) is 18.5 Å². The van der Waals surface area contributed by atoms with E-state index in [1.165, 1.54) is 22.4 Å². The lowest BCUT2D eigenvalue weighted by Crippen LogP contribution is -1.93. The smallest absolute Gasteiger partial charge is 0.146 e. The third-order valence-electron chi connectivity index (χ3n) is 6.18. The number of nitrogens with zero attached hydrogens (tertiary/aromatic N) is 1. The van der Waals surface area contributed by atoms with Crippen LogP contribution in [-0.2, 0) is 30.4 Å². The lowest BCUT2D eigenvalue weighted by Gasteiger charge is -2.04. The van der Waals surface area contributed by atoms with Gasteiger partial charge in [-0.15, -0.1) is 0 Å². The minimum absolute atomic E-state index is 0.777. The second-order valence-electron chi connectivity index (χ2n) is 8.53. The van der Waals surface area contributed by atoms with Crippen molar-refractivity contribution in [2.24, 2.45) is 4.99 Å². The Bertz CT molecular complexity index is 1310. The highest BCUT2D eigenvalue weighted by molar-refractivity contribution is 6.11. The van der Waals surface area contributed by atoms with Crippen LogP contribution in [-0.4, -0.2) is 22.8 Å². The summed E-state index contributed by atoms with van der Waals surface area (Å²) in [5, 5.41) is 0. The van der Waals surface area contributed by atoms with Gasteiger partial charge in [-0.2, -0.15) is 0 Å². The Kier molecular flexibility index (Phi) is 6.57. The van der Waals surface area contributed by atoms with E-state index in [9.17, 15) is 0 Å². The topological polar surface area (TPSA) is 53.2 Å². The number of aryl methyl sites for hydroxylation is 4. The zero-order chi connectivity index (χ0) is 23.2. The highest BCUT2D eigenvalue weighted by atomic mass is 16.5. The Morgan fingerprint density at radius 3 is 2.18 bits per heavy atom. The van der Waals surface area contributed by atoms with E-state index in [0.29, 0.717) is 0 Å². The van der Waals surface area contributed by atoms with E-state index in [-0.39, 0.29) is 0 Å². The van der Waals surface area contributed by atoms with Crippen molar-refractivity contribution in [2.45, 2.75) is 25.7 Å². The predicted molar refractivity (Wildman–Crippen MR) is 139 cm³/mol. The lowest BCUT2D eigenvalue weighted by atomic mass is 10.0. The molecule has 0 saturated carbocycles. The summed E-state index contributed by atoms with van der Waals surface area (Å²) in [7, 11) is 1.70. The predicted octanol–water partition coefficient (Wildman–Crippen LogP) is 6.29. The van der Waals surface area contributed by atoms with E-state index >= 15 is 0 Å². The molecule has 4 nitrogen and oxygen atoms in total. The van der Waals surface area contributed by atoms with Gasteiger partial charge in [-0.25, -0.2) is 4.99 Å². The van der Waals surface area contributed by atoms with E-state index in [0.717, 1.165) is 54.2 Å². The number of hydrogen-bond donors (Lipinski definition) is 2. The lowest BCUT2D eigenvalue weighted by molar-refractivity contribution is 0.303. The molecule has 0 fully saturated rings. The molecule has 34 heavy (non-hydrogen) atoms. The highest BCUT2D eigenvalue weighted by Crippen LogP contribution is 2.27. The number of benzene rings is 2. The second-order valence-corrected chi connectivity index (χ2v) is 8.53. The number of aliphatic imine (C=N–C) groups is 1. The van der Waals surface area contributed by atoms with Gasteiger partial charge in [-0.3, -0.25) is 0 Å². The molecule has 1 aliphatic rings. The maximum absolute atomic E-state index is 5.66. The quantitative estimate of drug-likeness (QED) is 0.311. The standard InChI is InChI=1S/C30H29N3O/c1-34-30-21-28(26-13-8-18-31-26)33-29(30)20-27-24(16-14-22-9-4-2-5-10-22)19-25(32-27)17-15-23-11-6-3-7-12-23/h2-13,18-21,31-32H,14-17H2,1H3/b29-20-. The van der Waals surface area contributed by atoms with Gasteiger partial charge in [0, 0.05) is 23.7 Å². The first kappa shape index (κ1) is 21.8. The molecule has 0 saturated heterocycles. The van der Waals surface area contributed by atoms with E-state index < -0.39 is 0 Å². The maximum Gasteiger partial charge on any atom is 0.146 e. The second kappa shape index (κ2) is 10.3. The summed E-state index contributed by atoms with van der Waals surface area (Å²) in [4.78, 5) is 11.8. The van der Waals surface area contributed by atoms with Crippen molar-refractivity contribution in [2.75, 3.05) is 7.11 Å². The molecule has 0 amide bonds. The molecule has 0 bridgehead atoms. The average molecular weight is 448 g/mol. The molecule has 1 aliphatic heterocycles. The molecule has 0 spiro atoms. The SMILES string of the molecule is COC1=CC(c2ccc[nH]2)=N/C1=C\c1[nH]c(CCc2ccccc2)cc1CCc1ccccc1. The molecule has 0 atom stereocenters. The fourth-order valence-corrected chi connectivity index (χ4v) is 4.34. The highest BCUT2D eigenvalue weighted by Gasteiger charge is 2.18. The van der Waals surface area contributed by atoms with Crippen molar-refractivity contribution in [1.29, 1.82) is 0 Å². The molecule has 3 heterocycles. The van der Waals surface area contributed by atoms with Gasteiger partial charge in [0.1, 0.15) is 11.5 Å². The number of ether oxygens (including phenoxy) is 1. The third kappa shape index (κ3) is 5.12. The van der Waals surface area contributed by atoms with Crippen LogP contribution in [0.2, 0.25) is 0 Å². The van der Waals surface area contributed by atoms with Gasteiger partial charge in [-0.1, -0.05) is 60.7 Å². The monoisotopic (exact) mass is 447 g/mol.